The number of carbonyl (C=O) groups excluding carboxylic acids is 1. The Kier molecular flexibility index (Phi) is 7.58. The number of nitrogens with one attached hydrogen (secondary N) is 1. The Bertz CT molecular complexity index is 1510. The minimum atomic E-state index is -0.342. The summed E-state index contributed by atoms with van der Waals surface area (Å²) < 4.78 is 21.0. The first-order chi connectivity index (χ1) is 18.0. The third-order valence-electron chi connectivity index (χ3n) is 6.93. The third kappa shape index (κ3) is 5.87. The molecule has 0 saturated carbocycles. The van der Waals surface area contributed by atoms with Crippen LogP contribution >= 0.6 is 12.2 Å². The van der Waals surface area contributed by atoms with Gasteiger partial charge in [0.2, 0.25) is 0 Å². The lowest BCUT2D eigenvalue weighted by molar-refractivity contribution is 0.0837. The van der Waals surface area contributed by atoms with Crippen LogP contribution in [-0.2, 0) is 13.2 Å². The number of hydrogen-bond donors (Lipinski definition) is 1. The molecule has 6 nitrogen and oxygen atoms in total. The van der Waals surface area contributed by atoms with Crippen molar-refractivity contribution in [3.05, 3.63) is 105 Å². The van der Waals surface area contributed by atoms with Crippen LogP contribution in [0.2, 0.25) is 0 Å². The zero-order valence-corrected chi connectivity index (χ0v) is 21.2. The van der Waals surface area contributed by atoms with Crippen LogP contribution in [0.1, 0.15) is 28.8 Å². The second-order valence-corrected chi connectivity index (χ2v) is 9.74. The van der Waals surface area contributed by atoms with E-state index in [4.69, 9.17) is 17.0 Å². The van der Waals surface area contributed by atoms with E-state index in [1.165, 1.54) is 12.1 Å². The summed E-state index contributed by atoms with van der Waals surface area (Å²) in [6.07, 6.45) is 1.48. The zero-order chi connectivity index (χ0) is 25.8. The first-order valence-electron chi connectivity index (χ1n) is 12.4. The summed E-state index contributed by atoms with van der Waals surface area (Å²) in [5.41, 5.74) is 2.14. The van der Waals surface area contributed by atoms with E-state index in [9.17, 15) is 14.0 Å². The number of H-pyrrole nitrogens is 1. The number of nitrogens with zero attached hydrogens (tertiary/aromatic N) is 2. The number of rotatable bonds is 8. The normalized spacial score (nSPS) is 14.6. The van der Waals surface area contributed by atoms with E-state index in [0.717, 1.165) is 31.5 Å². The summed E-state index contributed by atoms with van der Waals surface area (Å²) in [5.74, 6) is 0.328. The van der Waals surface area contributed by atoms with Gasteiger partial charge in [0.05, 0.1) is 10.9 Å². The standard InChI is InChI=1S/C29H28FN3O3S/c30-23-8-6-21(7-9-23)27(34)22-12-14-32(15-13-22)16-17-33-28(35)25-11-10-24(18-26(25)31-29(33)37)36-19-20-4-2-1-3-5-20/h1-11,18,22H,12-17,19H2,(H,31,37). The molecular weight excluding hydrogens is 489 g/mol. The molecule has 0 unspecified atom stereocenters. The Labute approximate surface area is 219 Å². The maximum Gasteiger partial charge on any atom is 0.262 e. The van der Waals surface area contributed by atoms with Gasteiger partial charge in [-0.1, -0.05) is 30.3 Å². The van der Waals surface area contributed by atoms with Crippen molar-refractivity contribution in [3.8, 4) is 5.75 Å². The maximum atomic E-state index is 13.2. The molecule has 4 aromatic rings. The fourth-order valence-corrected chi connectivity index (χ4v) is 5.06. The summed E-state index contributed by atoms with van der Waals surface area (Å²) in [6, 6.07) is 21.0. The first-order valence-corrected chi connectivity index (χ1v) is 12.8. The van der Waals surface area contributed by atoms with E-state index in [0.29, 0.717) is 46.7 Å². The minimum absolute atomic E-state index is 0.0637. The van der Waals surface area contributed by atoms with Gasteiger partial charge in [-0.25, -0.2) is 4.39 Å². The Morgan fingerprint density at radius 2 is 1.73 bits per heavy atom. The van der Waals surface area contributed by atoms with Gasteiger partial charge in [-0.05, 0) is 80.1 Å². The number of hydrogen-bond acceptors (Lipinski definition) is 5. The van der Waals surface area contributed by atoms with Crippen LogP contribution in [0, 0.1) is 16.5 Å². The summed E-state index contributed by atoms with van der Waals surface area (Å²) in [5, 5.41) is 0.560. The molecule has 1 aliphatic rings. The Hall–Kier alpha value is -3.62. The van der Waals surface area contributed by atoms with Crippen molar-refractivity contribution < 1.29 is 13.9 Å². The van der Waals surface area contributed by atoms with Crippen molar-refractivity contribution >= 4 is 28.9 Å². The number of ether oxygens (including phenoxy) is 1. The number of piperidine rings is 1. The van der Waals surface area contributed by atoms with Crippen molar-refractivity contribution in [2.75, 3.05) is 19.6 Å². The summed E-state index contributed by atoms with van der Waals surface area (Å²) in [6.45, 7) is 3.10. The van der Waals surface area contributed by atoms with Crippen LogP contribution < -0.4 is 10.3 Å². The molecule has 8 heteroatoms. The van der Waals surface area contributed by atoms with E-state index in [2.05, 4.69) is 9.88 Å². The fraction of sp³-hybridized carbons (Fsp3) is 0.276. The van der Waals surface area contributed by atoms with Crippen LogP contribution in [0.3, 0.4) is 0 Å². The third-order valence-corrected chi connectivity index (χ3v) is 7.25. The molecule has 1 aromatic heterocycles. The van der Waals surface area contributed by atoms with E-state index in [1.54, 1.807) is 28.8 Å². The van der Waals surface area contributed by atoms with Crippen molar-refractivity contribution in [1.82, 2.24) is 14.5 Å². The molecule has 1 aliphatic heterocycles. The first kappa shape index (κ1) is 25.0. The fourth-order valence-electron chi connectivity index (χ4n) is 4.78. The second-order valence-electron chi connectivity index (χ2n) is 9.36. The monoisotopic (exact) mass is 517 g/mol. The Morgan fingerprint density at radius 3 is 2.46 bits per heavy atom. The number of likely N-dealkylation sites (tertiary alicyclic amines) is 1. The van der Waals surface area contributed by atoms with E-state index >= 15 is 0 Å². The van der Waals surface area contributed by atoms with Crippen LogP contribution in [0.25, 0.3) is 10.9 Å². The number of aromatic nitrogens is 2. The van der Waals surface area contributed by atoms with Gasteiger partial charge in [-0.15, -0.1) is 0 Å². The predicted octanol–water partition coefficient (Wildman–Crippen LogP) is 5.37. The summed E-state index contributed by atoms with van der Waals surface area (Å²) in [7, 11) is 0. The zero-order valence-electron chi connectivity index (χ0n) is 20.4. The lowest BCUT2D eigenvalue weighted by Gasteiger charge is -2.31. The maximum absolute atomic E-state index is 13.2. The highest BCUT2D eigenvalue weighted by molar-refractivity contribution is 7.71. The highest BCUT2D eigenvalue weighted by atomic mass is 32.1. The Balaban J connectivity index is 1.20. The van der Waals surface area contributed by atoms with E-state index in [-0.39, 0.29) is 23.1 Å². The topological polar surface area (TPSA) is 67.3 Å². The number of fused-ring (bicyclic) bond motifs is 1. The Morgan fingerprint density at radius 1 is 1.00 bits per heavy atom. The number of benzene rings is 3. The van der Waals surface area contributed by atoms with Gasteiger partial charge < -0.3 is 14.6 Å². The molecule has 0 spiro atoms. The van der Waals surface area contributed by atoms with Gasteiger partial charge >= 0.3 is 0 Å². The van der Waals surface area contributed by atoms with Gasteiger partial charge in [0.15, 0.2) is 10.6 Å². The van der Waals surface area contributed by atoms with Gasteiger partial charge in [0, 0.05) is 30.6 Å². The van der Waals surface area contributed by atoms with Crippen molar-refractivity contribution in [2.45, 2.75) is 26.0 Å². The van der Waals surface area contributed by atoms with Crippen LogP contribution in [0.4, 0.5) is 4.39 Å². The van der Waals surface area contributed by atoms with Crippen molar-refractivity contribution in [2.24, 2.45) is 5.92 Å². The molecule has 0 bridgehead atoms. The van der Waals surface area contributed by atoms with Gasteiger partial charge in [0.1, 0.15) is 18.2 Å². The molecule has 0 atom stereocenters. The lowest BCUT2D eigenvalue weighted by Crippen LogP contribution is -2.39. The summed E-state index contributed by atoms with van der Waals surface area (Å²) in [4.78, 5) is 31.3. The molecule has 1 fully saturated rings. The average molecular weight is 518 g/mol. The number of halogens is 1. The van der Waals surface area contributed by atoms with E-state index < -0.39 is 0 Å². The molecule has 0 amide bonds. The molecule has 5 rings (SSSR count). The number of ketones is 1. The number of Topliss-reactive ketones (excluding diaryl/α,β-unsaturated/α-hetero) is 1. The highest BCUT2D eigenvalue weighted by Crippen LogP contribution is 2.22. The van der Waals surface area contributed by atoms with Crippen LogP contribution in [0.15, 0.2) is 77.6 Å². The van der Waals surface area contributed by atoms with Gasteiger partial charge in [-0.3, -0.25) is 14.2 Å². The quantitative estimate of drug-likeness (QED) is 0.251. The lowest BCUT2D eigenvalue weighted by atomic mass is 9.89. The number of aromatic amines is 1. The molecular formula is C29H28FN3O3S. The molecule has 190 valence electrons. The van der Waals surface area contributed by atoms with Crippen LogP contribution in [-0.4, -0.2) is 39.9 Å². The van der Waals surface area contributed by atoms with Crippen molar-refractivity contribution in [3.63, 3.8) is 0 Å². The predicted molar refractivity (Wildman–Crippen MR) is 144 cm³/mol. The molecule has 37 heavy (non-hydrogen) atoms. The molecule has 1 saturated heterocycles. The van der Waals surface area contributed by atoms with E-state index in [1.807, 2.05) is 36.4 Å². The second kappa shape index (κ2) is 11.2. The van der Waals surface area contributed by atoms with Gasteiger partial charge in [-0.2, -0.15) is 0 Å². The van der Waals surface area contributed by atoms with Crippen molar-refractivity contribution in [1.29, 1.82) is 0 Å². The molecule has 0 aliphatic carbocycles. The SMILES string of the molecule is O=C(c1ccc(F)cc1)C1CCN(CCn2c(=S)[nH]c3cc(OCc4ccccc4)ccc3c2=O)CC1. The van der Waals surface area contributed by atoms with Gasteiger partial charge in [0.25, 0.3) is 5.56 Å². The molecule has 1 N–H and O–H groups in total. The van der Waals surface area contributed by atoms with Crippen LogP contribution in [0.5, 0.6) is 5.75 Å². The highest BCUT2D eigenvalue weighted by Gasteiger charge is 2.25. The minimum Gasteiger partial charge on any atom is -0.489 e. The summed E-state index contributed by atoms with van der Waals surface area (Å²) >= 11 is 5.51. The molecule has 3 aromatic carbocycles. The largest absolute Gasteiger partial charge is 0.489 e. The molecule has 0 radical (unpaired) electrons. The number of carbonyl (C=O) groups is 1. The smallest absolute Gasteiger partial charge is 0.262 e. The molecule has 2 heterocycles. The average Bonchev–Trinajstić information content (AvgIpc) is 2.92.